The zero-order valence-electron chi connectivity index (χ0n) is 8.95. The number of rotatable bonds is 2. The average Bonchev–Trinajstić information content (AvgIpc) is 3.15. The van der Waals surface area contributed by atoms with E-state index < -0.39 is 0 Å². The first-order valence-electron chi connectivity index (χ1n) is 5.85. The van der Waals surface area contributed by atoms with E-state index in [0.29, 0.717) is 0 Å². The van der Waals surface area contributed by atoms with Crippen LogP contribution in [0, 0.1) is 0 Å². The quantitative estimate of drug-likeness (QED) is 0.787. The summed E-state index contributed by atoms with van der Waals surface area (Å²) in [6, 6.07) is 4.43. The van der Waals surface area contributed by atoms with Crippen LogP contribution < -0.4 is 10.2 Å². The number of hydrogen-bond acceptors (Lipinski definition) is 3. The molecule has 0 unspecified atom stereocenters. The van der Waals surface area contributed by atoms with Crippen LogP contribution in [0.4, 0.5) is 5.82 Å². The minimum absolute atomic E-state index is 0.814. The number of nitrogens with one attached hydrogen (secondary N) is 1. The van der Waals surface area contributed by atoms with Crippen molar-refractivity contribution in [2.75, 3.05) is 31.1 Å². The Morgan fingerprint density at radius 3 is 2.60 bits per heavy atom. The molecule has 1 saturated heterocycles. The Morgan fingerprint density at radius 2 is 2.00 bits per heavy atom. The molecular weight excluding hydrogens is 186 g/mol. The highest BCUT2D eigenvalue weighted by atomic mass is 15.2. The molecule has 3 nitrogen and oxygen atoms in total. The van der Waals surface area contributed by atoms with Crippen LogP contribution in [0.1, 0.15) is 24.3 Å². The minimum Gasteiger partial charge on any atom is -0.354 e. The van der Waals surface area contributed by atoms with Gasteiger partial charge in [-0.25, -0.2) is 4.98 Å². The molecule has 1 N–H and O–H groups in total. The lowest BCUT2D eigenvalue weighted by atomic mass is 10.2. The third-order valence-electron chi connectivity index (χ3n) is 3.26. The predicted octanol–water partition coefficient (Wildman–Crippen LogP) is 1.37. The summed E-state index contributed by atoms with van der Waals surface area (Å²) in [7, 11) is 0. The molecule has 0 aromatic carbocycles. The minimum atomic E-state index is 0.814. The third-order valence-corrected chi connectivity index (χ3v) is 3.26. The molecule has 2 fully saturated rings. The molecule has 0 bridgehead atoms. The van der Waals surface area contributed by atoms with Crippen LogP contribution in [0.3, 0.4) is 0 Å². The first-order valence-corrected chi connectivity index (χ1v) is 5.85. The van der Waals surface area contributed by atoms with Crippen molar-refractivity contribution < 1.29 is 0 Å². The largest absolute Gasteiger partial charge is 0.354 e. The normalized spacial score (nSPS) is 21.7. The summed E-state index contributed by atoms with van der Waals surface area (Å²) in [5.41, 5.74) is 1.42. The predicted molar refractivity (Wildman–Crippen MR) is 61.3 cm³/mol. The zero-order valence-corrected chi connectivity index (χ0v) is 8.95. The fourth-order valence-corrected chi connectivity index (χ4v) is 2.14. The summed E-state index contributed by atoms with van der Waals surface area (Å²) in [5, 5.41) is 3.35. The second-order valence-electron chi connectivity index (χ2n) is 4.46. The standard InChI is InChI=1S/C12H17N3/c1-2-10(1)11-3-4-12(14-9-11)15-7-5-13-6-8-15/h3-4,9-10,13H,1-2,5-8H2. The Kier molecular flexibility index (Phi) is 2.33. The molecule has 0 amide bonds. The van der Waals surface area contributed by atoms with Gasteiger partial charge in [-0.05, 0) is 30.4 Å². The van der Waals surface area contributed by atoms with Crippen molar-refractivity contribution in [2.24, 2.45) is 0 Å². The van der Waals surface area contributed by atoms with Gasteiger partial charge < -0.3 is 10.2 Å². The fourth-order valence-electron chi connectivity index (χ4n) is 2.14. The maximum atomic E-state index is 4.56. The lowest BCUT2D eigenvalue weighted by molar-refractivity contribution is 0.585. The molecule has 0 atom stereocenters. The molecule has 2 aliphatic rings. The van der Waals surface area contributed by atoms with E-state index in [1.165, 1.54) is 18.4 Å². The second-order valence-corrected chi connectivity index (χ2v) is 4.46. The van der Waals surface area contributed by atoms with E-state index in [-0.39, 0.29) is 0 Å². The maximum Gasteiger partial charge on any atom is 0.128 e. The van der Waals surface area contributed by atoms with Crippen molar-refractivity contribution in [3.05, 3.63) is 23.9 Å². The summed E-state index contributed by atoms with van der Waals surface area (Å²) in [5.74, 6) is 1.95. The summed E-state index contributed by atoms with van der Waals surface area (Å²) < 4.78 is 0. The summed E-state index contributed by atoms with van der Waals surface area (Å²) >= 11 is 0. The highest BCUT2D eigenvalue weighted by molar-refractivity contribution is 5.41. The highest BCUT2D eigenvalue weighted by Crippen LogP contribution is 2.39. The molecule has 2 heterocycles. The summed E-state index contributed by atoms with van der Waals surface area (Å²) in [6.45, 7) is 4.31. The van der Waals surface area contributed by atoms with Crippen LogP contribution in [0.5, 0.6) is 0 Å². The van der Waals surface area contributed by atoms with Crippen LogP contribution in [0.15, 0.2) is 18.3 Å². The van der Waals surface area contributed by atoms with Crippen LogP contribution >= 0.6 is 0 Å². The highest BCUT2D eigenvalue weighted by Gasteiger charge is 2.23. The van der Waals surface area contributed by atoms with Gasteiger partial charge >= 0.3 is 0 Å². The number of aromatic nitrogens is 1. The van der Waals surface area contributed by atoms with Gasteiger partial charge in [0.2, 0.25) is 0 Å². The van der Waals surface area contributed by atoms with Gasteiger partial charge in [0.05, 0.1) is 0 Å². The maximum absolute atomic E-state index is 4.56. The van der Waals surface area contributed by atoms with Crippen molar-refractivity contribution in [1.82, 2.24) is 10.3 Å². The first kappa shape index (κ1) is 9.16. The van der Waals surface area contributed by atoms with Gasteiger partial charge in [0.25, 0.3) is 0 Å². The van der Waals surface area contributed by atoms with E-state index in [1.54, 1.807) is 0 Å². The van der Waals surface area contributed by atoms with Gasteiger partial charge in [-0.15, -0.1) is 0 Å². The van der Waals surface area contributed by atoms with Gasteiger partial charge in [-0.1, -0.05) is 6.07 Å². The van der Waals surface area contributed by atoms with Crippen molar-refractivity contribution >= 4 is 5.82 Å². The lowest BCUT2D eigenvalue weighted by Gasteiger charge is -2.28. The summed E-state index contributed by atoms with van der Waals surface area (Å²) in [6.07, 6.45) is 4.78. The number of hydrogen-bond donors (Lipinski definition) is 1. The molecule has 0 radical (unpaired) electrons. The number of pyridine rings is 1. The van der Waals surface area contributed by atoms with Crippen molar-refractivity contribution in [3.8, 4) is 0 Å². The monoisotopic (exact) mass is 203 g/mol. The smallest absolute Gasteiger partial charge is 0.128 e. The van der Waals surface area contributed by atoms with Gasteiger partial charge in [0.15, 0.2) is 0 Å². The van der Waals surface area contributed by atoms with Gasteiger partial charge in [-0.3, -0.25) is 0 Å². The van der Waals surface area contributed by atoms with E-state index in [0.717, 1.165) is 37.9 Å². The van der Waals surface area contributed by atoms with Crippen LogP contribution in [-0.2, 0) is 0 Å². The van der Waals surface area contributed by atoms with Crippen molar-refractivity contribution in [3.63, 3.8) is 0 Å². The Morgan fingerprint density at radius 1 is 1.20 bits per heavy atom. The SMILES string of the molecule is c1cc(N2CCNCC2)ncc1C1CC1. The molecule has 1 aromatic heterocycles. The van der Waals surface area contributed by atoms with Gasteiger partial charge in [0.1, 0.15) is 5.82 Å². The lowest BCUT2D eigenvalue weighted by Crippen LogP contribution is -2.43. The molecule has 15 heavy (non-hydrogen) atoms. The molecule has 0 spiro atoms. The van der Waals surface area contributed by atoms with Crippen LogP contribution in [-0.4, -0.2) is 31.2 Å². The second kappa shape index (κ2) is 3.81. The Balaban J connectivity index is 1.73. The first-order chi connectivity index (χ1) is 7.43. The molecule has 1 saturated carbocycles. The molecular formula is C12H17N3. The number of anilines is 1. The molecule has 1 aliphatic heterocycles. The van der Waals surface area contributed by atoms with Crippen LogP contribution in [0.2, 0.25) is 0 Å². The fraction of sp³-hybridized carbons (Fsp3) is 0.583. The van der Waals surface area contributed by atoms with E-state index in [4.69, 9.17) is 0 Å². The van der Waals surface area contributed by atoms with E-state index in [2.05, 4.69) is 33.5 Å². The van der Waals surface area contributed by atoms with E-state index in [9.17, 15) is 0 Å². The van der Waals surface area contributed by atoms with Crippen molar-refractivity contribution in [2.45, 2.75) is 18.8 Å². The third kappa shape index (κ3) is 1.97. The van der Waals surface area contributed by atoms with E-state index in [1.807, 2.05) is 0 Å². The van der Waals surface area contributed by atoms with Gasteiger partial charge in [0, 0.05) is 32.4 Å². The zero-order chi connectivity index (χ0) is 10.1. The number of piperazine rings is 1. The Bertz CT molecular complexity index is 323. The van der Waals surface area contributed by atoms with Gasteiger partial charge in [-0.2, -0.15) is 0 Å². The summed E-state index contributed by atoms with van der Waals surface area (Å²) in [4.78, 5) is 6.92. The average molecular weight is 203 g/mol. The molecule has 80 valence electrons. The number of nitrogens with zero attached hydrogens (tertiary/aromatic N) is 2. The Labute approximate surface area is 90.5 Å². The van der Waals surface area contributed by atoms with Crippen LogP contribution in [0.25, 0.3) is 0 Å². The van der Waals surface area contributed by atoms with Crippen molar-refractivity contribution in [1.29, 1.82) is 0 Å². The van der Waals surface area contributed by atoms with E-state index >= 15 is 0 Å². The molecule has 1 aromatic rings. The molecule has 3 rings (SSSR count). The topological polar surface area (TPSA) is 28.2 Å². The molecule has 1 aliphatic carbocycles. The Hall–Kier alpha value is -1.09. The molecule has 3 heteroatoms.